The summed E-state index contributed by atoms with van der Waals surface area (Å²) in [4.78, 5) is 13.0. The molecule has 1 N–H and O–H groups in total. The molecule has 0 aliphatic rings. The zero-order chi connectivity index (χ0) is 25.1. The molecule has 2 atom stereocenters. The van der Waals surface area contributed by atoms with Crippen molar-refractivity contribution < 1.29 is 35.9 Å². The second kappa shape index (κ2) is 10.1. The van der Waals surface area contributed by atoms with Gasteiger partial charge in [0.1, 0.15) is 17.5 Å². The van der Waals surface area contributed by atoms with Crippen molar-refractivity contribution in [3.63, 3.8) is 0 Å². The molecule has 0 aliphatic carbocycles. The van der Waals surface area contributed by atoms with Crippen LogP contribution in [0.25, 0.3) is 0 Å². The molecule has 0 saturated carbocycles. The molecule has 33 heavy (non-hydrogen) atoms. The van der Waals surface area contributed by atoms with E-state index in [9.17, 15) is 26.4 Å². The number of benzene rings is 2. The molecular weight excluding hydrogens is 485 g/mol. The van der Waals surface area contributed by atoms with Crippen LogP contribution in [-0.2, 0) is 21.0 Å². The van der Waals surface area contributed by atoms with Crippen LogP contribution >= 0.6 is 11.6 Å². The quantitative estimate of drug-likeness (QED) is 0.571. The molecule has 0 aromatic heterocycles. The van der Waals surface area contributed by atoms with E-state index < -0.39 is 44.8 Å². The van der Waals surface area contributed by atoms with Gasteiger partial charge in [-0.2, -0.15) is 13.2 Å². The van der Waals surface area contributed by atoms with E-state index in [4.69, 9.17) is 21.1 Å². The fraction of sp³-hybridized carbons (Fsp3) is 0.381. The standard InChI is InChI=1S/C21H24ClF3N2O5S/c1-12(16-11-15(31-3)7-9-19(16)32-4)26-20(28)13(2)27(33(5,29)30)14-6-8-18(22)17(10-14)21(23,24)25/h6-13H,1-5H3,(H,26,28)/t12-,13-/m0/s1. The van der Waals surface area contributed by atoms with Gasteiger partial charge in [-0.3, -0.25) is 9.10 Å². The number of rotatable bonds is 8. The maximum atomic E-state index is 13.3. The lowest BCUT2D eigenvalue weighted by molar-refractivity contribution is -0.137. The number of sulfonamides is 1. The Labute approximate surface area is 195 Å². The number of hydrogen-bond donors (Lipinski definition) is 1. The van der Waals surface area contributed by atoms with Crippen molar-refractivity contribution in [2.24, 2.45) is 0 Å². The lowest BCUT2D eigenvalue weighted by Crippen LogP contribution is -2.48. The second-order valence-electron chi connectivity index (χ2n) is 7.23. The van der Waals surface area contributed by atoms with Crippen LogP contribution in [-0.4, -0.2) is 40.8 Å². The maximum absolute atomic E-state index is 13.3. The molecule has 0 heterocycles. The Morgan fingerprint density at radius 3 is 2.24 bits per heavy atom. The normalized spacial score (nSPS) is 13.7. The Morgan fingerprint density at radius 1 is 1.09 bits per heavy atom. The van der Waals surface area contributed by atoms with Crippen LogP contribution in [0.2, 0.25) is 5.02 Å². The summed E-state index contributed by atoms with van der Waals surface area (Å²) in [5, 5.41) is 2.08. The Balaban J connectivity index is 2.40. The number of nitrogens with one attached hydrogen (secondary N) is 1. The number of carbonyl (C=O) groups is 1. The van der Waals surface area contributed by atoms with Crippen molar-refractivity contribution in [2.45, 2.75) is 32.1 Å². The largest absolute Gasteiger partial charge is 0.497 e. The van der Waals surface area contributed by atoms with Gasteiger partial charge in [0.2, 0.25) is 15.9 Å². The van der Waals surface area contributed by atoms with Crippen LogP contribution in [0.1, 0.15) is 31.0 Å². The molecule has 182 valence electrons. The number of alkyl halides is 3. The summed E-state index contributed by atoms with van der Waals surface area (Å²) in [6.07, 6.45) is -4.01. The first-order valence-electron chi connectivity index (χ1n) is 9.59. The second-order valence-corrected chi connectivity index (χ2v) is 9.50. The maximum Gasteiger partial charge on any atom is 0.417 e. The van der Waals surface area contributed by atoms with Crippen molar-refractivity contribution in [1.29, 1.82) is 0 Å². The number of halogens is 4. The van der Waals surface area contributed by atoms with Gasteiger partial charge in [0.05, 0.1) is 42.8 Å². The summed E-state index contributed by atoms with van der Waals surface area (Å²) < 4.78 is 75.9. The molecule has 0 radical (unpaired) electrons. The third-order valence-electron chi connectivity index (χ3n) is 4.86. The first-order chi connectivity index (χ1) is 15.2. The number of ether oxygens (including phenoxy) is 2. The fourth-order valence-electron chi connectivity index (χ4n) is 3.27. The van der Waals surface area contributed by atoms with Crippen molar-refractivity contribution >= 4 is 33.2 Å². The lowest BCUT2D eigenvalue weighted by atomic mass is 10.1. The van der Waals surface area contributed by atoms with E-state index in [2.05, 4.69) is 5.32 Å². The van der Waals surface area contributed by atoms with E-state index in [1.807, 2.05) is 0 Å². The van der Waals surface area contributed by atoms with E-state index in [0.717, 1.165) is 18.4 Å². The summed E-state index contributed by atoms with van der Waals surface area (Å²) in [7, 11) is -1.22. The fourth-order valence-corrected chi connectivity index (χ4v) is 4.66. The summed E-state index contributed by atoms with van der Waals surface area (Å²) in [5.41, 5.74) is -0.991. The van der Waals surface area contributed by atoms with E-state index >= 15 is 0 Å². The van der Waals surface area contributed by atoms with E-state index in [1.165, 1.54) is 21.1 Å². The average molecular weight is 509 g/mol. The predicted octanol–water partition coefficient (Wildman–Crippen LogP) is 4.41. The van der Waals surface area contributed by atoms with Crippen LogP contribution in [0.4, 0.5) is 18.9 Å². The van der Waals surface area contributed by atoms with Gasteiger partial charge in [-0.15, -0.1) is 0 Å². The molecule has 0 aliphatic heterocycles. The molecular formula is C21H24ClF3N2O5S. The van der Waals surface area contributed by atoms with Gasteiger partial charge in [-0.25, -0.2) is 8.42 Å². The van der Waals surface area contributed by atoms with E-state index in [1.54, 1.807) is 25.1 Å². The summed E-state index contributed by atoms with van der Waals surface area (Å²) in [6.45, 7) is 2.92. The number of amides is 1. The summed E-state index contributed by atoms with van der Waals surface area (Å²) in [6, 6.07) is 5.60. The molecule has 2 rings (SSSR count). The predicted molar refractivity (Wildman–Crippen MR) is 119 cm³/mol. The molecule has 7 nitrogen and oxygen atoms in total. The zero-order valence-electron chi connectivity index (χ0n) is 18.5. The number of methoxy groups -OCH3 is 2. The van der Waals surface area contributed by atoms with Gasteiger partial charge in [-0.1, -0.05) is 11.6 Å². The van der Waals surface area contributed by atoms with Crippen molar-refractivity contribution in [3.8, 4) is 11.5 Å². The van der Waals surface area contributed by atoms with Crippen molar-refractivity contribution in [3.05, 3.63) is 52.5 Å². The molecule has 1 amide bonds. The number of nitrogens with zero attached hydrogens (tertiary/aromatic N) is 1. The molecule has 0 fully saturated rings. The third kappa shape index (κ3) is 6.23. The lowest BCUT2D eigenvalue weighted by Gasteiger charge is -2.30. The minimum atomic E-state index is -4.81. The minimum absolute atomic E-state index is 0.344. The highest BCUT2D eigenvalue weighted by molar-refractivity contribution is 7.92. The molecule has 0 bridgehead atoms. The summed E-state index contributed by atoms with van der Waals surface area (Å²) in [5.74, 6) is 0.239. The number of anilines is 1. The average Bonchev–Trinajstić information content (AvgIpc) is 2.72. The van der Waals surface area contributed by atoms with Crippen LogP contribution in [0.15, 0.2) is 36.4 Å². The van der Waals surface area contributed by atoms with Gasteiger partial charge in [0.15, 0.2) is 0 Å². The Kier molecular flexibility index (Phi) is 8.13. The summed E-state index contributed by atoms with van der Waals surface area (Å²) >= 11 is 5.64. The highest BCUT2D eigenvalue weighted by Gasteiger charge is 2.36. The Morgan fingerprint density at radius 2 is 1.73 bits per heavy atom. The third-order valence-corrected chi connectivity index (χ3v) is 6.43. The molecule has 0 saturated heterocycles. The molecule has 12 heteroatoms. The Bertz CT molecular complexity index is 1130. The van der Waals surface area contributed by atoms with E-state index in [0.29, 0.717) is 27.4 Å². The van der Waals surface area contributed by atoms with E-state index in [-0.39, 0.29) is 5.69 Å². The van der Waals surface area contributed by atoms with Crippen LogP contribution < -0.4 is 19.1 Å². The molecule has 0 unspecified atom stereocenters. The Hall–Kier alpha value is -2.66. The van der Waals surface area contributed by atoms with Crippen LogP contribution in [0, 0.1) is 0 Å². The SMILES string of the molecule is COc1ccc(OC)c([C@H](C)NC(=O)[C@H](C)N(c2ccc(Cl)c(C(F)(F)F)c2)S(C)(=O)=O)c1. The minimum Gasteiger partial charge on any atom is -0.497 e. The first kappa shape index (κ1) is 26.6. The number of hydrogen-bond acceptors (Lipinski definition) is 5. The molecule has 0 spiro atoms. The zero-order valence-corrected chi connectivity index (χ0v) is 20.1. The molecule has 2 aromatic carbocycles. The monoisotopic (exact) mass is 508 g/mol. The van der Waals surface area contributed by atoms with Gasteiger partial charge >= 0.3 is 6.18 Å². The van der Waals surface area contributed by atoms with Gasteiger partial charge < -0.3 is 14.8 Å². The van der Waals surface area contributed by atoms with Gasteiger partial charge in [-0.05, 0) is 50.2 Å². The smallest absolute Gasteiger partial charge is 0.417 e. The van der Waals surface area contributed by atoms with Crippen molar-refractivity contribution in [1.82, 2.24) is 5.32 Å². The van der Waals surface area contributed by atoms with Gasteiger partial charge in [0, 0.05) is 5.56 Å². The van der Waals surface area contributed by atoms with Crippen LogP contribution in [0.3, 0.4) is 0 Å². The number of carbonyl (C=O) groups excluding carboxylic acids is 1. The topological polar surface area (TPSA) is 84.9 Å². The first-order valence-corrected chi connectivity index (χ1v) is 11.8. The van der Waals surface area contributed by atoms with Crippen LogP contribution in [0.5, 0.6) is 11.5 Å². The highest BCUT2D eigenvalue weighted by Crippen LogP contribution is 2.38. The van der Waals surface area contributed by atoms with Gasteiger partial charge in [0.25, 0.3) is 0 Å². The van der Waals surface area contributed by atoms with Crippen molar-refractivity contribution in [2.75, 3.05) is 24.8 Å². The highest BCUT2D eigenvalue weighted by atomic mass is 35.5. The molecule has 2 aromatic rings.